The fraction of sp³-hybridized carbons (Fsp3) is 0.857. The van der Waals surface area contributed by atoms with Crippen LogP contribution in [0.5, 0.6) is 0 Å². The minimum absolute atomic E-state index is 0.00273. The molecule has 53 heavy (non-hydrogen) atoms. The average molecular weight is 745 g/mol. The van der Waals surface area contributed by atoms with Gasteiger partial charge in [0.1, 0.15) is 12.2 Å². The Morgan fingerprint density at radius 2 is 1.57 bits per heavy atom. The van der Waals surface area contributed by atoms with Crippen LogP contribution in [0, 0.1) is 40.4 Å². The fourth-order valence-corrected chi connectivity index (χ4v) is 12.9. The van der Waals surface area contributed by atoms with Gasteiger partial charge >= 0.3 is 0 Å². The predicted octanol–water partition coefficient (Wildman–Crippen LogP) is 4.61. The molecule has 11 nitrogen and oxygen atoms in total. The van der Waals surface area contributed by atoms with Crippen molar-refractivity contribution in [2.24, 2.45) is 40.4 Å². The lowest BCUT2D eigenvalue weighted by atomic mass is 9.42. The van der Waals surface area contributed by atoms with Gasteiger partial charge in [-0.25, -0.2) is 0 Å². The van der Waals surface area contributed by atoms with Gasteiger partial charge in [-0.3, -0.25) is 0 Å². The number of hydrogen-bond donors (Lipinski definition) is 5. The summed E-state index contributed by atoms with van der Waals surface area (Å²) in [6, 6.07) is 9.91. The van der Waals surface area contributed by atoms with Crippen LogP contribution in [0.1, 0.15) is 110 Å². The summed E-state index contributed by atoms with van der Waals surface area (Å²) in [5.41, 5.74) is -0.742. The summed E-state index contributed by atoms with van der Waals surface area (Å²) in [6.45, 7) is 8.29. The summed E-state index contributed by atoms with van der Waals surface area (Å²) in [4.78, 5) is 0. The normalized spacial score (nSPS) is 51.5. The molecule has 5 N–H and O–H groups in total. The molecule has 7 fully saturated rings. The van der Waals surface area contributed by atoms with Gasteiger partial charge in [0.25, 0.3) is 0 Å². The smallest absolute Gasteiger partial charge is 0.184 e. The van der Waals surface area contributed by atoms with Gasteiger partial charge in [0, 0.05) is 37.0 Å². The van der Waals surface area contributed by atoms with Crippen molar-refractivity contribution in [3.63, 3.8) is 0 Å². The van der Waals surface area contributed by atoms with Gasteiger partial charge in [0.15, 0.2) is 18.9 Å². The third-order valence-corrected chi connectivity index (χ3v) is 15.8. The van der Waals surface area contributed by atoms with Crippen LogP contribution in [0.25, 0.3) is 0 Å². The Morgan fingerprint density at radius 1 is 0.811 bits per heavy atom. The van der Waals surface area contributed by atoms with Crippen molar-refractivity contribution in [3.8, 4) is 0 Å². The molecule has 8 rings (SSSR count). The molecule has 19 atom stereocenters. The lowest BCUT2D eigenvalue weighted by molar-refractivity contribution is -0.314. The second kappa shape index (κ2) is 14.9. The summed E-state index contributed by atoms with van der Waals surface area (Å²) in [5, 5.41) is 55.7. The second-order valence-corrected chi connectivity index (χ2v) is 18.3. The predicted molar refractivity (Wildman–Crippen MR) is 193 cm³/mol. The minimum atomic E-state index is -0.990. The molecule has 0 spiro atoms. The Labute approximate surface area is 314 Å². The summed E-state index contributed by atoms with van der Waals surface area (Å²) in [6.07, 6.45) is 3.41. The molecule has 3 saturated heterocycles. The second-order valence-electron chi connectivity index (χ2n) is 18.3. The van der Waals surface area contributed by atoms with E-state index in [9.17, 15) is 25.5 Å². The molecule has 3 heterocycles. The number of benzene rings is 1. The maximum absolute atomic E-state index is 12.6. The van der Waals surface area contributed by atoms with E-state index in [0.717, 1.165) is 44.1 Å². The molecule has 7 aliphatic rings. The highest BCUT2D eigenvalue weighted by atomic mass is 16.8. The van der Waals surface area contributed by atoms with Crippen molar-refractivity contribution < 1.29 is 54.0 Å². The van der Waals surface area contributed by atoms with E-state index in [1.165, 1.54) is 0 Å². The van der Waals surface area contributed by atoms with Crippen molar-refractivity contribution in [3.05, 3.63) is 35.9 Å². The lowest BCUT2D eigenvalue weighted by Gasteiger charge is -2.65. The van der Waals surface area contributed by atoms with E-state index < -0.39 is 54.3 Å². The van der Waals surface area contributed by atoms with E-state index in [-0.39, 0.29) is 66.7 Å². The van der Waals surface area contributed by atoms with Crippen molar-refractivity contribution in [2.45, 2.75) is 172 Å². The molecule has 298 valence electrons. The Morgan fingerprint density at radius 3 is 2.30 bits per heavy atom. The number of fused-ring (bicyclic) bond motifs is 6. The van der Waals surface area contributed by atoms with E-state index in [4.69, 9.17) is 28.4 Å². The number of rotatable bonds is 9. The highest BCUT2D eigenvalue weighted by molar-refractivity contribution is 5.20. The van der Waals surface area contributed by atoms with Crippen LogP contribution in [0.2, 0.25) is 0 Å². The summed E-state index contributed by atoms with van der Waals surface area (Å²) >= 11 is 0. The van der Waals surface area contributed by atoms with Crippen LogP contribution in [-0.4, -0.2) is 106 Å². The van der Waals surface area contributed by atoms with E-state index in [1.807, 2.05) is 44.2 Å². The first kappa shape index (κ1) is 38.6. The maximum Gasteiger partial charge on any atom is 0.184 e. The molecule has 1 aromatic carbocycles. The van der Waals surface area contributed by atoms with Crippen molar-refractivity contribution >= 4 is 0 Å². The van der Waals surface area contributed by atoms with Crippen LogP contribution in [0.15, 0.2) is 30.3 Å². The number of aliphatic hydroxyl groups excluding tert-OH is 4. The monoisotopic (exact) mass is 744 g/mol. The van der Waals surface area contributed by atoms with Gasteiger partial charge in [-0.1, -0.05) is 44.2 Å². The standard InChI is InChI=1S/C42H64O11/c1-23-37(52-36-21-33-38(24(2)49-36)53-39(51-33)25-8-6-5-7-9-25)32(45)20-35(48-23)50-28-12-15-40(3)27(18-28)10-11-30-31(40)19-34(46)41(4)29(13-16-42(30,41)47)26(22-44)14-17-43/h5-9,23-24,26-39,43-47H,10-22H2,1-4H3/t23?,24?,26?,27-,28+,29-,30-,31+,32-,33-,34-,35+,36+,37?,38?,39?,40+,41+,42+/m1/s1. The van der Waals surface area contributed by atoms with Gasteiger partial charge in [-0.15, -0.1) is 0 Å². The molecular formula is C42H64O11. The first-order valence-corrected chi connectivity index (χ1v) is 20.7. The Balaban J connectivity index is 0.858. The number of hydrogen-bond acceptors (Lipinski definition) is 11. The van der Waals surface area contributed by atoms with E-state index in [1.54, 1.807) is 0 Å². The molecule has 3 aliphatic heterocycles. The molecule has 6 unspecified atom stereocenters. The van der Waals surface area contributed by atoms with E-state index >= 15 is 0 Å². The van der Waals surface area contributed by atoms with Gasteiger partial charge < -0.3 is 54.0 Å². The van der Waals surface area contributed by atoms with Crippen LogP contribution in [0.3, 0.4) is 0 Å². The van der Waals surface area contributed by atoms with Gasteiger partial charge in [0.2, 0.25) is 0 Å². The summed E-state index contributed by atoms with van der Waals surface area (Å²) in [5.74, 6) is 0.553. The molecule has 0 bridgehead atoms. The molecule has 4 aliphatic carbocycles. The first-order chi connectivity index (χ1) is 25.4. The Kier molecular flexibility index (Phi) is 10.9. The molecular weight excluding hydrogens is 680 g/mol. The minimum Gasteiger partial charge on any atom is -0.396 e. The van der Waals surface area contributed by atoms with E-state index in [2.05, 4.69) is 13.8 Å². The molecule has 0 amide bonds. The third kappa shape index (κ3) is 6.55. The molecule has 0 radical (unpaired) electrons. The van der Waals surface area contributed by atoms with Gasteiger partial charge in [-0.2, -0.15) is 0 Å². The zero-order chi connectivity index (χ0) is 37.3. The molecule has 1 aromatic rings. The Bertz CT molecular complexity index is 1390. The number of aliphatic hydroxyl groups is 5. The largest absolute Gasteiger partial charge is 0.396 e. The summed E-state index contributed by atoms with van der Waals surface area (Å²) < 4.78 is 38.1. The third-order valence-electron chi connectivity index (χ3n) is 15.8. The summed E-state index contributed by atoms with van der Waals surface area (Å²) in [7, 11) is 0. The molecule has 0 aromatic heterocycles. The molecule has 4 saturated carbocycles. The van der Waals surface area contributed by atoms with Gasteiger partial charge in [0.05, 0.1) is 42.2 Å². The van der Waals surface area contributed by atoms with Crippen LogP contribution < -0.4 is 0 Å². The van der Waals surface area contributed by atoms with E-state index in [0.29, 0.717) is 38.0 Å². The maximum atomic E-state index is 12.6. The van der Waals surface area contributed by atoms with Crippen molar-refractivity contribution in [2.75, 3.05) is 13.2 Å². The topological polar surface area (TPSA) is 157 Å². The van der Waals surface area contributed by atoms with Crippen LogP contribution >= 0.6 is 0 Å². The van der Waals surface area contributed by atoms with Crippen molar-refractivity contribution in [1.29, 1.82) is 0 Å². The molecule has 11 heteroatoms. The van der Waals surface area contributed by atoms with Crippen LogP contribution in [-0.2, 0) is 28.4 Å². The fourth-order valence-electron chi connectivity index (χ4n) is 12.9. The quantitative estimate of drug-likeness (QED) is 0.225. The SMILES string of the molecule is CC1O[C@@H](O[C@H]2CC[C@@]3(C)[C@H](CC[C@@H]4[C@@H]3C[C@@H](O)[C@]3(C)[C@@H](C(CO)CCO)CC[C@]43O)C2)C[C@@H](O)C1O[C@H]1C[C@H]2OC(c3ccccc3)OC2C(C)O1. The Hall–Kier alpha value is -1.22. The first-order valence-electron chi connectivity index (χ1n) is 20.7. The average Bonchev–Trinajstić information content (AvgIpc) is 3.70. The van der Waals surface area contributed by atoms with Crippen molar-refractivity contribution in [1.82, 2.24) is 0 Å². The van der Waals surface area contributed by atoms with Crippen LogP contribution in [0.4, 0.5) is 0 Å². The lowest BCUT2D eigenvalue weighted by Crippen LogP contribution is -2.67. The van der Waals surface area contributed by atoms with Gasteiger partial charge in [-0.05, 0) is 107 Å². The zero-order valence-electron chi connectivity index (χ0n) is 32.0. The highest BCUT2D eigenvalue weighted by Gasteiger charge is 2.71. The highest BCUT2D eigenvalue weighted by Crippen LogP contribution is 2.70. The zero-order valence-corrected chi connectivity index (χ0v) is 32.0. The number of ether oxygens (including phenoxy) is 6.